The maximum absolute atomic E-state index is 14.6. The number of hydrogen-bond donors (Lipinski definition) is 1. The number of rotatable bonds is 7. The van der Waals surface area contributed by atoms with Gasteiger partial charge in [0.2, 0.25) is 11.8 Å². The fraction of sp³-hybridized carbons (Fsp3) is 0.576. The molecule has 0 bridgehead atoms. The standard InChI is InChI=1S/C33H44FN7O3S.H2/c1-33(2,3)11-15-40-30(43)27(45-31(40)24-8-7-22(34)20-26(24)38-18-16-37(4)17-19-38)21-28(42)39-13-9-23(10-14-39)41-25-6-5-12-35-29(25)36-32(41)44;/h5-8,12,20,23,27,31H,9-11,13-19,21H2,1-4H3,(H,35,36,44);1H. The summed E-state index contributed by atoms with van der Waals surface area (Å²) < 4.78 is 16.4. The third-order valence-electron chi connectivity index (χ3n) is 9.37. The maximum atomic E-state index is 14.6. The Morgan fingerprint density at radius 2 is 1.82 bits per heavy atom. The predicted octanol–water partition coefficient (Wildman–Crippen LogP) is 4.49. The second kappa shape index (κ2) is 12.8. The Labute approximate surface area is 269 Å². The van der Waals surface area contributed by atoms with E-state index in [1.54, 1.807) is 16.8 Å². The first-order valence-corrected chi connectivity index (χ1v) is 16.9. The molecule has 45 heavy (non-hydrogen) atoms. The molecule has 2 amide bonds. The van der Waals surface area contributed by atoms with E-state index in [1.165, 1.54) is 17.8 Å². The third kappa shape index (κ3) is 6.77. The number of hydrogen-bond acceptors (Lipinski definition) is 7. The Morgan fingerprint density at radius 3 is 2.53 bits per heavy atom. The first kappa shape index (κ1) is 31.6. The quantitative estimate of drug-likeness (QED) is 0.407. The normalized spacial score (nSPS) is 22.2. The summed E-state index contributed by atoms with van der Waals surface area (Å²) in [6, 6.07) is 8.60. The molecule has 6 rings (SSSR count). The minimum Gasteiger partial charge on any atom is -0.369 e. The van der Waals surface area contributed by atoms with Crippen molar-refractivity contribution in [3.05, 3.63) is 58.4 Å². The van der Waals surface area contributed by atoms with Crippen LogP contribution >= 0.6 is 11.8 Å². The molecule has 244 valence electrons. The number of aromatic amines is 1. The zero-order chi connectivity index (χ0) is 31.9. The number of likely N-dealkylation sites (tertiary alicyclic amines) is 1. The fourth-order valence-electron chi connectivity index (χ4n) is 6.68. The van der Waals surface area contributed by atoms with Crippen molar-refractivity contribution in [1.29, 1.82) is 0 Å². The number of thioether (sulfide) groups is 1. The Balaban J connectivity index is 0.00000417. The molecule has 0 radical (unpaired) electrons. The third-order valence-corrected chi connectivity index (χ3v) is 10.8. The van der Waals surface area contributed by atoms with E-state index in [9.17, 15) is 18.8 Å². The number of piperazine rings is 1. The van der Waals surface area contributed by atoms with Crippen molar-refractivity contribution in [2.24, 2.45) is 5.41 Å². The summed E-state index contributed by atoms with van der Waals surface area (Å²) in [5.74, 6) is -0.351. The number of carbonyl (C=O) groups is 2. The van der Waals surface area contributed by atoms with E-state index in [1.807, 2.05) is 28.0 Å². The van der Waals surface area contributed by atoms with E-state index in [0.717, 1.165) is 49.4 Å². The number of likely N-dealkylation sites (N-methyl/N-ethyl adjacent to an activating group) is 1. The van der Waals surface area contributed by atoms with Crippen LogP contribution in [0.2, 0.25) is 0 Å². The van der Waals surface area contributed by atoms with Gasteiger partial charge in [-0.25, -0.2) is 14.2 Å². The van der Waals surface area contributed by atoms with Crippen LogP contribution in [0.4, 0.5) is 10.1 Å². The molecule has 0 spiro atoms. The lowest BCUT2D eigenvalue weighted by molar-refractivity contribution is -0.136. The topological polar surface area (TPSA) is 97.8 Å². The summed E-state index contributed by atoms with van der Waals surface area (Å²) in [5.41, 5.74) is 2.96. The molecule has 3 aromatic rings. The number of nitrogens with one attached hydrogen (secondary N) is 1. The highest BCUT2D eigenvalue weighted by molar-refractivity contribution is 8.01. The minimum atomic E-state index is -0.507. The first-order chi connectivity index (χ1) is 21.5. The summed E-state index contributed by atoms with van der Waals surface area (Å²) in [6.45, 7) is 11.5. The van der Waals surface area contributed by atoms with Gasteiger partial charge < -0.3 is 19.6 Å². The van der Waals surface area contributed by atoms with Crippen molar-refractivity contribution in [3.8, 4) is 0 Å². The molecule has 2 aromatic heterocycles. The number of benzene rings is 1. The zero-order valence-electron chi connectivity index (χ0n) is 26.7. The molecule has 3 aliphatic heterocycles. The maximum Gasteiger partial charge on any atom is 0.327 e. The van der Waals surface area contributed by atoms with Crippen LogP contribution in [-0.2, 0) is 9.59 Å². The number of amides is 2. The molecule has 2 atom stereocenters. The largest absolute Gasteiger partial charge is 0.369 e. The number of piperidine rings is 1. The van der Waals surface area contributed by atoms with E-state index in [0.29, 0.717) is 38.1 Å². The van der Waals surface area contributed by atoms with E-state index >= 15 is 0 Å². The molecule has 10 nitrogen and oxygen atoms in total. The average Bonchev–Trinajstić information content (AvgIpc) is 3.51. The van der Waals surface area contributed by atoms with Crippen LogP contribution in [0.15, 0.2) is 41.3 Å². The van der Waals surface area contributed by atoms with Gasteiger partial charge in [0.1, 0.15) is 11.2 Å². The van der Waals surface area contributed by atoms with Gasteiger partial charge in [-0.1, -0.05) is 26.8 Å². The van der Waals surface area contributed by atoms with Gasteiger partial charge in [0.15, 0.2) is 5.65 Å². The summed E-state index contributed by atoms with van der Waals surface area (Å²) >= 11 is 1.52. The van der Waals surface area contributed by atoms with Crippen LogP contribution in [0.5, 0.6) is 0 Å². The van der Waals surface area contributed by atoms with Crippen LogP contribution in [0, 0.1) is 11.2 Å². The summed E-state index contributed by atoms with van der Waals surface area (Å²) in [6.07, 6.45) is 3.91. The minimum absolute atomic E-state index is 0. The molecule has 3 saturated heterocycles. The fourth-order valence-corrected chi connectivity index (χ4v) is 8.18. The van der Waals surface area contributed by atoms with E-state index in [2.05, 4.69) is 47.6 Å². The second-order valence-electron chi connectivity index (χ2n) is 13.8. The number of imidazole rings is 1. The highest BCUT2D eigenvalue weighted by atomic mass is 32.2. The molecule has 5 heterocycles. The van der Waals surface area contributed by atoms with Gasteiger partial charge in [-0.05, 0) is 56.0 Å². The number of fused-ring (bicyclic) bond motifs is 1. The number of carbonyl (C=O) groups excluding carboxylic acids is 2. The number of nitrogens with zero attached hydrogens (tertiary/aromatic N) is 6. The monoisotopic (exact) mass is 639 g/mol. The molecular formula is C33H46FN7O3S. The van der Waals surface area contributed by atoms with Gasteiger partial charge >= 0.3 is 5.69 Å². The lowest BCUT2D eigenvalue weighted by Gasteiger charge is -2.37. The van der Waals surface area contributed by atoms with Crippen LogP contribution in [0.3, 0.4) is 0 Å². The molecule has 2 unspecified atom stereocenters. The van der Waals surface area contributed by atoms with Gasteiger partial charge in [-0.3, -0.25) is 19.1 Å². The number of pyridine rings is 1. The number of anilines is 1. The van der Waals surface area contributed by atoms with Gasteiger partial charge in [-0.2, -0.15) is 0 Å². The average molecular weight is 640 g/mol. The van der Waals surface area contributed by atoms with Gasteiger partial charge in [0.25, 0.3) is 0 Å². The van der Waals surface area contributed by atoms with Crippen LogP contribution in [-0.4, -0.2) is 99.2 Å². The van der Waals surface area contributed by atoms with E-state index < -0.39 is 5.25 Å². The second-order valence-corrected chi connectivity index (χ2v) is 15.1. The van der Waals surface area contributed by atoms with E-state index in [-0.39, 0.29) is 48.0 Å². The summed E-state index contributed by atoms with van der Waals surface area (Å²) in [4.78, 5) is 55.6. The number of aromatic nitrogens is 3. The summed E-state index contributed by atoms with van der Waals surface area (Å²) in [7, 11) is 2.09. The highest BCUT2D eigenvalue weighted by Gasteiger charge is 2.44. The molecular weight excluding hydrogens is 593 g/mol. The van der Waals surface area contributed by atoms with Gasteiger partial charge in [0.05, 0.1) is 10.8 Å². The van der Waals surface area contributed by atoms with Crippen LogP contribution < -0.4 is 10.6 Å². The Hall–Kier alpha value is -3.38. The first-order valence-electron chi connectivity index (χ1n) is 16.0. The van der Waals surface area contributed by atoms with Gasteiger partial charge in [0, 0.05) is 77.2 Å². The lowest BCUT2D eigenvalue weighted by atomic mass is 9.92. The molecule has 3 aliphatic rings. The van der Waals surface area contributed by atoms with Crippen molar-refractivity contribution in [2.75, 3.05) is 57.8 Å². The van der Waals surface area contributed by atoms with Crippen LogP contribution in [0.25, 0.3) is 11.2 Å². The molecule has 3 fully saturated rings. The molecule has 0 aliphatic carbocycles. The van der Waals surface area contributed by atoms with Crippen molar-refractivity contribution in [1.82, 2.24) is 29.2 Å². The van der Waals surface area contributed by atoms with Crippen molar-refractivity contribution in [2.45, 2.75) is 63.1 Å². The summed E-state index contributed by atoms with van der Waals surface area (Å²) in [5, 5.41) is -0.797. The predicted molar refractivity (Wildman–Crippen MR) is 178 cm³/mol. The number of H-pyrrole nitrogens is 1. The molecule has 0 saturated carbocycles. The Bertz CT molecular complexity index is 1610. The SMILES string of the molecule is CN1CCN(c2cc(F)ccc2C2SC(CC(=O)N3CCC(n4c(=O)[nH]c5ncccc54)CC3)C(=O)N2CCC(C)(C)C)CC1.[HH]. The molecule has 1 aromatic carbocycles. The van der Waals surface area contributed by atoms with Crippen LogP contribution in [0.1, 0.15) is 64.9 Å². The van der Waals surface area contributed by atoms with Crippen molar-refractivity contribution < 1.29 is 15.4 Å². The molecule has 12 heteroatoms. The zero-order valence-corrected chi connectivity index (χ0v) is 27.5. The van der Waals surface area contributed by atoms with Gasteiger partial charge in [-0.15, -0.1) is 11.8 Å². The lowest BCUT2D eigenvalue weighted by Crippen LogP contribution is -2.45. The number of halogens is 1. The molecule has 1 N–H and O–H groups in total. The van der Waals surface area contributed by atoms with E-state index in [4.69, 9.17) is 0 Å². The highest BCUT2D eigenvalue weighted by Crippen LogP contribution is 2.48. The van der Waals surface area contributed by atoms with Crippen molar-refractivity contribution in [3.63, 3.8) is 0 Å². The van der Waals surface area contributed by atoms with Crippen molar-refractivity contribution >= 4 is 40.4 Å². The smallest absolute Gasteiger partial charge is 0.327 e. The Kier molecular flexibility index (Phi) is 8.98. The Morgan fingerprint density at radius 1 is 1.09 bits per heavy atom.